The average molecular weight is 789 g/mol. The molecular weight excluding hydrogens is 753 g/mol. The van der Waals surface area contributed by atoms with Crippen molar-refractivity contribution in [2.75, 3.05) is 43.3 Å². The Balaban J connectivity index is 1.57. The van der Waals surface area contributed by atoms with Crippen LogP contribution >= 0.6 is 0 Å². The van der Waals surface area contributed by atoms with Gasteiger partial charge in [0, 0.05) is 42.9 Å². The SMILES string of the molecule is COCCOCCOC(=O)c1cc(CN(c2ccccc2)c2ccc(C(C#N)=C(C#N)C#N)cc2)cc(CN(c2ccccc2)c2ccc(C(C#N)=C(C#N)C#N)cc2)c1. The van der Waals surface area contributed by atoms with E-state index in [9.17, 15) is 36.4 Å². The fraction of sp³-hybridized carbons (Fsp3) is 0.146. The summed E-state index contributed by atoms with van der Waals surface area (Å²) in [5.41, 5.74) is 5.27. The van der Waals surface area contributed by atoms with Crippen molar-refractivity contribution >= 4 is 39.9 Å². The number of hydrogen-bond acceptors (Lipinski definition) is 12. The molecular formula is C48H36N8O4. The number of allylic oxidation sites excluding steroid dienone is 4. The predicted octanol–water partition coefficient (Wildman–Crippen LogP) is 8.83. The molecule has 5 aromatic rings. The van der Waals surface area contributed by atoms with Gasteiger partial charge in [0.15, 0.2) is 0 Å². The Morgan fingerprint density at radius 3 is 1.27 bits per heavy atom. The minimum atomic E-state index is -0.539. The third-order valence-electron chi connectivity index (χ3n) is 9.10. The van der Waals surface area contributed by atoms with E-state index in [0.29, 0.717) is 43.0 Å². The van der Waals surface area contributed by atoms with Crippen molar-refractivity contribution < 1.29 is 19.0 Å². The molecule has 0 spiro atoms. The highest BCUT2D eigenvalue weighted by atomic mass is 16.6. The van der Waals surface area contributed by atoms with E-state index in [1.165, 1.54) is 0 Å². The number of nitriles is 6. The first-order valence-corrected chi connectivity index (χ1v) is 18.5. The molecule has 292 valence electrons. The van der Waals surface area contributed by atoms with Crippen molar-refractivity contribution in [3.05, 3.63) is 166 Å². The second-order valence-corrected chi connectivity index (χ2v) is 12.9. The van der Waals surface area contributed by atoms with Crippen molar-refractivity contribution in [3.8, 4) is 36.4 Å². The van der Waals surface area contributed by atoms with Crippen LogP contribution in [0.4, 0.5) is 22.7 Å². The topological polar surface area (TPSA) is 194 Å². The molecule has 0 aliphatic carbocycles. The lowest BCUT2D eigenvalue weighted by molar-refractivity contribution is 0.0213. The number of hydrogen-bond donors (Lipinski definition) is 0. The second kappa shape index (κ2) is 21.7. The van der Waals surface area contributed by atoms with Gasteiger partial charge >= 0.3 is 5.97 Å². The van der Waals surface area contributed by atoms with Crippen LogP contribution < -0.4 is 9.80 Å². The van der Waals surface area contributed by atoms with E-state index in [-0.39, 0.29) is 35.5 Å². The fourth-order valence-corrected chi connectivity index (χ4v) is 6.25. The molecule has 0 saturated heterocycles. The molecule has 5 rings (SSSR count). The van der Waals surface area contributed by atoms with Crippen LogP contribution in [0.5, 0.6) is 0 Å². The summed E-state index contributed by atoms with van der Waals surface area (Å²) in [5, 5.41) is 57.1. The van der Waals surface area contributed by atoms with E-state index in [1.807, 2.05) is 88.7 Å². The summed E-state index contributed by atoms with van der Waals surface area (Å²) in [6.07, 6.45) is 0. The molecule has 12 nitrogen and oxygen atoms in total. The summed E-state index contributed by atoms with van der Waals surface area (Å²) in [6, 6.07) is 49.9. The van der Waals surface area contributed by atoms with Crippen LogP contribution in [0.3, 0.4) is 0 Å². The maximum Gasteiger partial charge on any atom is 0.338 e. The first kappa shape index (κ1) is 42.6. The van der Waals surface area contributed by atoms with Gasteiger partial charge in [-0.1, -0.05) is 66.7 Å². The quantitative estimate of drug-likeness (QED) is 0.0494. The molecule has 0 saturated carbocycles. The van der Waals surface area contributed by atoms with Crippen LogP contribution in [0.15, 0.2) is 139 Å². The van der Waals surface area contributed by atoms with Gasteiger partial charge in [0.25, 0.3) is 0 Å². The van der Waals surface area contributed by atoms with Crippen molar-refractivity contribution in [1.29, 1.82) is 31.6 Å². The zero-order valence-electron chi connectivity index (χ0n) is 32.6. The van der Waals surface area contributed by atoms with Gasteiger partial charge in [0.2, 0.25) is 0 Å². The molecule has 0 aromatic heterocycles. The number of esters is 1. The number of rotatable bonds is 17. The zero-order valence-corrected chi connectivity index (χ0v) is 32.6. The lowest BCUT2D eigenvalue weighted by atomic mass is 10.0. The first-order valence-electron chi connectivity index (χ1n) is 18.5. The van der Waals surface area contributed by atoms with E-state index >= 15 is 0 Å². The third-order valence-corrected chi connectivity index (χ3v) is 9.10. The Kier molecular flexibility index (Phi) is 15.4. The summed E-state index contributed by atoms with van der Waals surface area (Å²) in [4.78, 5) is 17.8. The van der Waals surface area contributed by atoms with E-state index in [2.05, 4.69) is 0 Å². The number of carbonyl (C=O) groups excluding carboxylic acids is 1. The van der Waals surface area contributed by atoms with E-state index in [0.717, 1.165) is 33.9 Å². The largest absolute Gasteiger partial charge is 0.460 e. The summed E-state index contributed by atoms with van der Waals surface area (Å²) < 4.78 is 16.2. The Labute approximate surface area is 348 Å². The summed E-state index contributed by atoms with van der Waals surface area (Å²) in [7, 11) is 1.57. The summed E-state index contributed by atoms with van der Waals surface area (Å²) in [5.74, 6) is -0.539. The third kappa shape index (κ3) is 10.9. The number of para-hydroxylation sites is 2. The molecule has 0 N–H and O–H groups in total. The molecule has 0 amide bonds. The lowest BCUT2D eigenvalue weighted by Gasteiger charge is -2.28. The fourth-order valence-electron chi connectivity index (χ4n) is 6.25. The highest BCUT2D eigenvalue weighted by Gasteiger charge is 2.19. The number of anilines is 4. The molecule has 0 heterocycles. The highest BCUT2D eigenvalue weighted by molar-refractivity contribution is 5.90. The average Bonchev–Trinajstić information content (AvgIpc) is 3.30. The molecule has 0 atom stereocenters. The highest BCUT2D eigenvalue weighted by Crippen LogP contribution is 2.33. The molecule has 0 radical (unpaired) electrons. The first-order chi connectivity index (χ1) is 29.4. The second-order valence-electron chi connectivity index (χ2n) is 12.9. The smallest absolute Gasteiger partial charge is 0.338 e. The number of methoxy groups -OCH3 is 1. The van der Waals surface area contributed by atoms with Crippen molar-refractivity contribution in [2.24, 2.45) is 0 Å². The maximum atomic E-state index is 13.7. The van der Waals surface area contributed by atoms with Gasteiger partial charge in [-0.15, -0.1) is 0 Å². The number of nitrogens with zero attached hydrogens (tertiary/aromatic N) is 8. The predicted molar refractivity (Wildman–Crippen MR) is 224 cm³/mol. The maximum absolute atomic E-state index is 13.7. The van der Waals surface area contributed by atoms with Crippen LogP contribution in [-0.4, -0.2) is 39.5 Å². The molecule has 0 fully saturated rings. The van der Waals surface area contributed by atoms with Gasteiger partial charge in [-0.2, -0.15) is 31.6 Å². The van der Waals surface area contributed by atoms with Crippen molar-refractivity contribution in [3.63, 3.8) is 0 Å². The number of carbonyl (C=O) groups is 1. The molecule has 5 aromatic carbocycles. The van der Waals surface area contributed by atoms with E-state index < -0.39 is 5.97 Å². The van der Waals surface area contributed by atoms with Crippen LogP contribution in [0.2, 0.25) is 0 Å². The zero-order chi connectivity index (χ0) is 42.7. The normalized spacial score (nSPS) is 9.92. The number of ether oxygens (including phenoxy) is 3. The monoisotopic (exact) mass is 788 g/mol. The van der Waals surface area contributed by atoms with E-state index in [4.69, 9.17) is 14.2 Å². The summed E-state index contributed by atoms with van der Waals surface area (Å²) >= 11 is 0. The van der Waals surface area contributed by atoms with Crippen LogP contribution in [0.1, 0.15) is 32.6 Å². The Morgan fingerprint density at radius 1 is 0.483 bits per heavy atom. The van der Waals surface area contributed by atoms with Crippen LogP contribution in [0, 0.1) is 68.0 Å². The Bertz CT molecular complexity index is 2420. The van der Waals surface area contributed by atoms with Gasteiger partial charge in [-0.05, 0) is 82.9 Å². The van der Waals surface area contributed by atoms with Gasteiger partial charge in [-0.3, -0.25) is 0 Å². The van der Waals surface area contributed by atoms with Crippen LogP contribution in [-0.2, 0) is 27.3 Å². The van der Waals surface area contributed by atoms with Crippen LogP contribution in [0.25, 0.3) is 11.1 Å². The van der Waals surface area contributed by atoms with Gasteiger partial charge in [0.05, 0.1) is 36.5 Å². The number of benzene rings is 5. The van der Waals surface area contributed by atoms with Crippen molar-refractivity contribution in [1.82, 2.24) is 0 Å². The Hall–Kier alpha value is -8.49. The van der Waals surface area contributed by atoms with E-state index in [1.54, 1.807) is 92.1 Å². The Morgan fingerprint density at radius 2 is 0.883 bits per heavy atom. The standard InChI is InChI=1S/C48H36N8O4/c1-58-20-21-59-22-23-60-48(57)39-25-35(33-55(42-8-4-2-5-9-42)44-16-12-37(13-17-44)46(31-53)40(27-49)28-50)24-36(26-39)34-56(43-10-6-3-7-11-43)45-18-14-38(15-19-45)47(32-54)41(29-51)30-52/h2-19,24-26H,20-23,33-34H2,1H3. The molecule has 0 unspecified atom stereocenters. The lowest BCUT2D eigenvalue weighted by Crippen LogP contribution is -2.20. The van der Waals surface area contributed by atoms with Gasteiger partial charge in [-0.25, -0.2) is 4.79 Å². The van der Waals surface area contributed by atoms with Crippen molar-refractivity contribution in [2.45, 2.75) is 13.1 Å². The molecule has 60 heavy (non-hydrogen) atoms. The minimum absolute atomic E-state index is 0.0218. The minimum Gasteiger partial charge on any atom is -0.460 e. The molecule has 0 bridgehead atoms. The molecule has 0 aliphatic rings. The van der Waals surface area contributed by atoms with Gasteiger partial charge in [0.1, 0.15) is 54.2 Å². The molecule has 12 heteroatoms. The summed E-state index contributed by atoms with van der Waals surface area (Å²) in [6.45, 7) is 1.58. The molecule has 0 aliphatic heterocycles. The van der Waals surface area contributed by atoms with Gasteiger partial charge < -0.3 is 24.0 Å².